The molecule has 0 aromatic heterocycles. The van der Waals surface area contributed by atoms with Gasteiger partial charge in [-0.1, -0.05) is 25.0 Å². The molecule has 0 radical (unpaired) electrons. The average molecular weight is 350 g/mol. The van der Waals surface area contributed by atoms with E-state index in [0.717, 1.165) is 12.8 Å². The predicted octanol–water partition coefficient (Wildman–Crippen LogP) is 1.40. The van der Waals surface area contributed by atoms with Crippen molar-refractivity contribution in [3.8, 4) is 6.07 Å². The molecule has 0 bridgehead atoms. The SMILES string of the molecule is N#CCNC(=O)[C@H]1CCCC[C@@H]1CS(=O)(=O)c1ccc(CO)cc1. The first-order chi connectivity index (χ1) is 11.5. The lowest BCUT2D eigenvalue weighted by Crippen LogP contribution is -2.39. The van der Waals surface area contributed by atoms with E-state index < -0.39 is 9.84 Å². The van der Waals surface area contributed by atoms with E-state index in [1.807, 2.05) is 6.07 Å². The zero-order chi connectivity index (χ0) is 17.6. The number of aliphatic hydroxyl groups is 1. The van der Waals surface area contributed by atoms with Crippen LogP contribution in [0.5, 0.6) is 0 Å². The Balaban J connectivity index is 2.13. The lowest BCUT2D eigenvalue weighted by atomic mass is 9.80. The number of hydrogen-bond acceptors (Lipinski definition) is 5. The predicted molar refractivity (Wildman–Crippen MR) is 88.5 cm³/mol. The van der Waals surface area contributed by atoms with Crippen molar-refractivity contribution in [3.63, 3.8) is 0 Å². The van der Waals surface area contributed by atoms with Crippen molar-refractivity contribution < 1.29 is 18.3 Å². The van der Waals surface area contributed by atoms with Crippen LogP contribution in [-0.2, 0) is 21.2 Å². The third-order valence-corrected chi connectivity index (χ3v) is 6.34. The summed E-state index contributed by atoms with van der Waals surface area (Å²) in [5, 5.41) is 20.2. The summed E-state index contributed by atoms with van der Waals surface area (Å²) in [5.74, 6) is -0.901. The van der Waals surface area contributed by atoms with Gasteiger partial charge in [0.15, 0.2) is 9.84 Å². The minimum Gasteiger partial charge on any atom is -0.392 e. The molecular formula is C17H22N2O4S. The summed E-state index contributed by atoms with van der Waals surface area (Å²) in [6, 6.07) is 8.03. The van der Waals surface area contributed by atoms with Crippen LogP contribution in [-0.4, -0.2) is 31.7 Å². The zero-order valence-electron chi connectivity index (χ0n) is 13.4. The third kappa shape index (κ3) is 4.56. The fourth-order valence-electron chi connectivity index (χ4n) is 3.19. The summed E-state index contributed by atoms with van der Waals surface area (Å²) in [5.41, 5.74) is 0.653. The summed E-state index contributed by atoms with van der Waals surface area (Å²) in [6.07, 6.45) is 3.15. The first kappa shape index (κ1) is 18.4. The van der Waals surface area contributed by atoms with Crippen LogP contribution in [0.2, 0.25) is 0 Å². The highest BCUT2D eigenvalue weighted by Gasteiger charge is 2.34. The highest BCUT2D eigenvalue weighted by molar-refractivity contribution is 7.91. The number of carbonyl (C=O) groups is 1. The topological polar surface area (TPSA) is 107 Å². The Labute approximate surface area is 142 Å². The fraction of sp³-hybridized carbons (Fsp3) is 0.529. The van der Waals surface area contributed by atoms with Crippen LogP contribution in [0.1, 0.15) is 31.2 Å². The Morgan fingerprint density at radius 3 is 2.54 bits per heavy atom. The van der Waals surface area contributed by atoms with Crippen molar-refractivity contribution in [3.05, 3.63) is 29.8 Å². The van der Waals surface area contributed by atoms with Gasteiger partial charge in [-0.2, -0.15) is 5.26 Å². The van der Waals surface area contributed by atoms with Crippen molar-refractivity contribution in [1.29, 1.82) is 5.26 Å². The van der Waals surface area contributed by atoms with Gasteiger partial charge in [0.25, 0.3) is 0 Å². The molecule has 0 saturated heterocycles. The number of benzene rings is 1. The van der Waals surface area contributed by atoms with Crippen molar-refractivity contribution >= 4 is 15.7 Å². The number of hydrogen-bond donors (Lipinski definition) is 2. The molecule has 24 heavy (non-hydrogen) atoms. The first-order valence-electron chi connectivity index (χ1n) is 8.05. The molecule has 2 N–H and O–H groups in total. The molecule has 1 aromatic carbocycles. The van der Waals surface area contributed by atoms with E-state index >= 15 is 0 Å². The van der Waals surface area contributed by atoms with Crippen LogP contribution in [0.4, 0.5) is 0 Å². The van der Waals surface area contributed by atoms with Gasteiger partial charge >= 0.3 is 0 Å². The molecule has 1 aliphatic rings. The summed E-state index contributed by atoms with van der Waals surface area (Å²) >= 11 is 0. The maximum Gasteiger partial charge on any atom is 0.224 e. The lowest BCUT2D eigenvalue weighted by Gasteiger charge is -2.30. The van der Waals surface area contributed by atoms with Crippen LogP contribution in [0.25, 0.3) is 0 Å². The van der Waals surface area contributed by atoms with Crippen molar-refractivity contribution in [2.45, 2.75) is 37.2 Å². The molecule has 1 aromatic rings. The molecule has 1 amide bonds. The lowest BCUT2D eigenvalue weighted by molar-refractivity contribution is -0.127. The highest BCUT2D eigenvalue weighted by atomic mass is 32.2. The van der Waals surface area contributed by atoms with E-state index in [1.165, 1.54) is 12.1 Å². The van der Waals surface area contributed by atoms with Gasteiger partial charge in [0.05, 0.1) is 23.3 Å². The quantitative estimate of drug-likeness (QED) is 0.754. The minimum atomic E-state index is -3.50. The standard InChI is InChI=1S/C17H22N2O4S/c18-9-10-19-17(21)16-4-2-1-3-14(16)12-24(22,23)15-7-5-13(11-20)6-8-15/h5-8,14,16,20H,1-4,10-12H2,(H,19,21)/t14-,16+/m1/s1. The number of nitriles is 1. The molecule has 0 unspecified atom stereocenters. The van der Waals surface area contributed by atoms with Gasteiger partial charge in [-0.3, -0.25) is 4.79 Å². The summed E-state index contributed by atoms with van der Waals surface area (Å²) in [6.45, 7) is -0.193. The normalized spacial score (nSPS) is 21.0. The third-order valence-electron chi connectivity index (χ3n) is 4.49. The minimum absolute atomic E-state index is 0.0581. The second-order valence-corrected chi connectivity index (χ2v) is 8.14. The molecule has 0 aliphatic heterocycles. The summed E-state index contributed by atoms with van der Waals surface area (Å²) < 4.78 is 25.3. The van der Waals surface area contributed by atoms with E-state index in [2.05, 4.69) is 5.32 Å². The van der Waals surface area contributed by atoms with Gasteiger partial charge in [-0.15, -0.1) is 0 Å². The maximum absolute atomic E-state index is 12.6. The van der Waals surface area contributed by atoms with E-state index in [9.17, 15) is 13.2 Å². The largest absolute Gasteiger partial charge is 0.392 e. The van der Waals surface area contributed by atoms with Gasteiger partial charge in [-0.25, -0.2) is 8.42 Å². The van der Waals surface area contributed by atoms with Crippen molar-refractivity contribution in [1.82, 2.24) is 5.32 Å². The molecule has 1 aliphatic carbocycles. The number of amides is 1. The van der Waals surface area contributed by atoms with Crippen LogP contribution < -0.4 is 5.32 Å². The van der Waals surface area contributed by atoms with E-state index in [4.69, 9.17) is 10.4 Å². The molecule has 0 spiro atoms. The Bertz CT molecular complexity index is 707. The second kappa shape index (κ2) is 8.27. The second-order valence-electron chi connectivity index (χ2n) is 6.11. The Hall–Kier alpha value is -1.91. The molecule has 130 valence electrons. The van der Waals surface area contributed by atoms with Crippen LogP contribution in [0.3, 0.4) is 0 Å². The van der Waals surface area contributed by atoms with E-state index in [-0.39, 0.29) is 41.5 Å². The highest BCUT2D eigenvalue weighted by Crippen LogP contribution is 2.32. The van der Waals surface area contributed by atoms with Gasteiger partial charge in [0.2, 0.25) is 5.91 Å². The maximum atomic E-state index is 12.6. The van der Waals surface area contributed by atoms with Gasteiger partial charge in [-0.05, 0) is 36.5 Å². The smallest absolute Gasteiger partial charge is 0.224 e. The molecule has 0 heterocycles. The van der Waals surface area contributed by atoms with Crippen molar-refractivity contribution in [2.75, 3.05) is 12.3 Å². The average Bonchev–Trinajstić information content (AvgIpc) is 2.60. The number of carbonyl (C=O) groups excluding carboxylic acids is 1. The fourth-order valence-corrected chi connectivity index (χ4v) is 4.90. The molecule has 7 heteroatoms. The molecule has 2 atom stereocenters. The number of aliphatic hydroxyl groups excluding tert-OH is 1. The van der Waals surface area contributed by atoms with Crippen LogP contribution in [0, 0.1) is 23.2 Å². The van der Waals surface area contributed by atoms with Crippen molar-refractivity contribution in [2.24, 2.45) is 11.8 Å². The number of rotatable bonds is 6. The molecule has 2 rings (SSSR count). The summed E-state index contributed by atoms with van der Waals surface area (Å²) in [7, 11) is -3.50. The van der Waals surface area contributed by atoms with Crippen LogP contribution >= 0.6 is 0 Å². The molecular weight excluding hydrogens is 328 g/mol. The molecule has 1 saturated carbocycles. The zero-order valence-corrected chi connectivity index (χ0v) is 14.3. The van der Waals surface area contributed by atoms with E-state index in [0.29, 0.717) is 18.4 Å². The first-order valence-corrected chi connectivity index (χ1v) is 9.70. The van der Waals surface area contributed by atoms with Crippen LogP contribution in [0.15, 0.2) is 29.2 Å². The number of nitrogens with zero attached hydrogens (tertiary/aromatic N) is 1. The molecule has 6 nitrogen and oxygen atoms in total. The Morgan fingerprint density at radius 1 is 1.25 bits per heavy atom. The number of sulfone groups is 1. The number of nitrogens with one attached hydrogen (secondary N) is 1. The molecule has 1 fully saturated rings. The Morgan fingerprint density at radius 2 is 1.92 bits per heavy atom. The van der Waals surface area contributed by atoms with Gasteiger partial charge in [0.1, 0.15) is 6.54 Å². The summed E-state index contributed by atoms with van der Waals surface area (Å²) in [4.78, 5) is 12.4. The van der Waals surface area contributed by atoms with E-state index in [1.54, 1.807) is 12.1 Å². The Kier molecular flexibility index (Phi) is 6.35. The van der Waals surface area contributed by atoms with Gasteiger partial charge in [0, 0.05) is 5.92 Å². The monoisotopic (exact) mass is 350 g/mol. The van der Waals surface area contributed by atoms with Gasteiger partial charge < -0.3 is 10.4 Å².